The number of fused-ring (bicyclic) bond motifs is 1. The highest BCUT2D eigenvalue weighted by molar-refractivity contribution is 5.41. The summed E-state index contributed by atoms with van der Waals surface area (Å²) in [4.78, 5) is 4.17. The summed E-state index contributed by atoms with van der Waals surface area (Å²) in [6, 6.07) is 6.11. The third-order valence-corrected chi connectivity index (χ3v) is 3.47. The van der Waals surface area contributed by atoms with Crippen molar-refractivity contribution in [2.75, 3.05) is 0 Å². The molecule has 0 aromatic carbocycles. The van der Waals surface area contributed by atoms with Gasteiger partial charge < -0.3 is 9.67 Å². The zero-order valence-electron chi connectivity index (χ0n) is 9.93. The third kappa shape index (κ3) is 1.67. The lowest BCUT2D eigenvalue weighted by Crippen LogP contribution is -2.11. The maximum absolute atomic E-state index is 10.0. The van der Waals surface area contributed by atoms with E-state index in [0.717, 1.165) is 30.5 Å². The molecule has 2 aromatic rings. The van der Waals surface area contributed by atoms with E-state index in [9.17, 15) is 5.11 Å². The predicted octanol–water partition coefficient (Wildman–Crippen LogP) is 2.55. The van der Waals surface area contributed by atoms with E-state index in [1.807, 2.05) is 12.3 Å². The summed E-state index contributed by atoms with van der Waals surface area (Å²) in [5.74, 6) is 0. The Morgan fingerprint density at radius 3 is 3.12 bits per heavy atom. The molecule has 0 saturated carbocycles. The first-order valence-corrected chi connectivity index (χ1v) is 6.07. The normalized spacial score (nSPS) is 19.1. The van der Waals surface area contributed by atoms with Gasteiger partial charge >= 0.3 is 0 Å². The molecule has 0 fully saturated rings. The van der Waals surface area contributed by atoms with Crippen molar-refractivity contribution in [2.45, 2.75) is 32.3 Å². The van der Waals surface area contributed by atoms with Crippen LogP contribution in [0.25, 0.3) is 5.69 Å². The van der Waals surface area contributed by atoms with Crippen LogP contribution in [0.2, 0.25) is 0 Å². The number of aliphatic hydroxyl groups is 1. The minimum absolute atomic E-state index is 0.296. The maximum atomic E-state index is 10.0. The SMILES string of the molecule is Cc1cc2c(n1-c1cccnc1)CCCC2O. The average Bonchev–Trinajstić information content (AvgIpc) is 2.68. The van der Waals surface area contributed by atoms with Gasteiger partial charge in [-0.25, -0.2) is 0 Å². The molecule has 1 unspecified atom stereocenters. The Morgan fingerprint density at radius 1 is 1.47 bits per heavy atom. The summed E-state index contributed by atoms with van der Waals surface area (Å²) in [6.07, 6.45) is 6.32. The number of nitrogens with zero attached hydrogens (tertiary/aromatic N) is 2. The number of hydrogen-bond acceptors (Lipinski definition) is 2. The van der Waals surface area contributed by atoms with Crippen LogP contribution >= 0.6 is 0 Å². The van der Waals surface area contributed by atoms with Gasteiger partial charge in [-0.2, -0.15) is 0 Å². The lowest BCUT2D eigenvalue weighted by molar-refractivity contribution is 0.156. The zero-order valence-corrected chi connectivity index (χ0v) is 9.93. The van der Waals surface area contributed by atoms with E-state index in [0.29, 0.717) is 0 Å². The average molecular weight is 228 g/mol. The summed E-state index contributed by atoms with van der Waals surface area (Å²) in [5, 5.41) is 10.0. The molecule has 1 aliphatic carbocycles. The van der Waals surface area contributed by atoms with Crippen molar-refractivity contribution in [3.05, 3.63) is 47.5 Å². The largest absolute Gasteiger partial charge is 0.388 e. The molecular formula is C14H16N2O. The molecule has 1 N–H and O–H groups in total. The molecule has 0 spiro atoms. The summed E-state index contributed by atoms with van der Waals surface area (Å²) in [5.41, 5.74) is 4.59. The van der Waals surface area contributed by atoms with Crippen LogP contribution in [0.4, 0.5) is 0 Å². The third-order valence-electron chi connectivity index (χ3n) is 3.47. The van der Waals surface area contributed by atoms with Gasteiger partial charge in [-0.3, -0.25) is 4.98 Å². The van der Waals surface area contributed by atoms with Gasteiger partial charge in [0, 0.05) is 23.1 Å². The number of pyridine rings is 1. The Bertz CT molecular complexity index is 531. The van der Waals surface area contributed by atoms with Gasteiger partial charge in [0.15, 0.2) is 0 Å². The van der Waals surface area contributed by atoms with Crippen molar-refractivity contribution in [2.24, 2.45) is 0 Å². The molecule has 88 valence electrons. The quantitative estimate of drug-likeness (QED) is 0.814. The molecule has 2 heterocycles. The Morgan fingerprint density at radius 2 is 2.35 bits per heavy atom. The summed E-state index contributed by atoms with van der Waals surface area (Å²) < 4.78 is 2.21. The second-order valence-corrected chi connectivity index (χ2v) is 4.64. The van der Waals surface area contributed by atoms with Crippen molar-refractivity contribution in [1.29, 1.82) is 0 Å². The lowest BCUT2D eigenvalue weighted by atomic mass is 9.95. The van der Waals surface area contributed by atoms with E-state index >= 15 is 0 Å². The number of aliphatic hydroxyl groups excluding tert-OH is 1. The van der Waals surface area contributed by atoms with Crippen LogP contribution in [-0.2, 0) is 6.42 Å². The molecule has 0 amide bonds. The standard InChI is InChI=1S/C14H16N2O/c1-10-8-12-13(5-2-6-14(12)17)16(10)11-4-3-7-15-9-11/h3-4,7-9,14,17H,2,5-6H2,1H3. The molecule has 0 aliphatic heterocycles. The molecule has 2 aromatic heterocycles. The van der Waals surface area contributed by atoms with Gasteiger partial charge in [0.1, 0.15) is 0 Å². The summed E-state index contributed by atoms with van der Waals surface area (Å²) >= 11 is 0. The molecule has 1 aliphatic rings. The topological polar surface area (TPSA) is 38.0 Å². The number of hydrogen-bond donors (Lipinski definition) is 1. The van der Waals surface area contributed by atoms with Crippen LogP contribution in [-0.4, -0.2) is 14.7 Å². The lowest BCUT2D eigenvalue weighted by Gasteiger charge is -2.20. The first-order valence-electron chi connectivity index (χ1n) is 6.07. The minimum atomic E-state index is -0.296. The van der Waals surface area contributed by atoms with Gasteiger partial charge in [0.25, 0.3) is 0 Å². The van der Waals surface area contributed by atoms with Crippen molar-refractivity contribution < 1.29 is 5.11 Å². The first kappa shape index (κ1) is 10.5. The van der Waals surface area contributed by atoms with E-state index in [-0.39, 0.29) is 6.10 Å². The molecule has 3 heteroatoms. The fourth-order valence-corrected chi connectivity index (χ4v) is 2.72. The van der Waals surface area contributed by atoms with E-state index in [4.69, 9.17) is 0 Å². The molecular weight excluding hydrogens is 212 g/mol. The van der Waals surface area contributed by atoms with Gasteiger partial charge in [-0.05, 0) is 44.4 Å². The monoisotopic (exact) mass is 228 g/mol. The van der Waals surface area contributed by atoms with Crippen LogP contribution in [0, 0.1) is 6.92 Å². The fourth-order valence-electron chi connectivity index (χ4n) is 2.72. The van der Waals surface area contributed by atoms with E-state index in [1.54, 1.807) is 6.20 Å². The van der Waals surface area contributed by atoms with Gasteiger partial charge in [0.05, 0.1) is 18.0 Å². The van der Waals surface area contributed by atoms with E-state index in [1.165, 1.54) is 11.4 Å². The van der Waals surface area contributed by atoms with Gasteiger partial charge in [0.2, 0.25) is 0 Å². The molecule has 3 rings (SSSR count). The summed E-state index contributed by atoms with van der Waals surface area (Å²) in [6.45, 7) is 2.08. The number of rotatable bonds is 1. The van der Waals surface area contributed by atoms with Crippen molar-refractivity contribution in [3.63, 3.8) is 0 Å². The van der Waals surface area contributed by atoms with E-state index < -0.39 is 0 Å². The molecule has 1 atom stereocenters. The van der Waals surface area contributed by atoms with Crippen LogP contribution < -0.4 is 0 Å². The Kier molecular flexibility index (Phi) is 2.48. The minimum Gasteiger partial charge on any atom is -0.388 e. The zero-order chi connectivity index (χ0) is 11.8. The molecule has 3 nitrogen and oxygen atoms in total. The first-order chi connectivity index (χ1) is 8.27. The number of aryl methyl sites for hydroxylation is 1. The molecule has 0 bridgehead atoms. The Labute approximate surface area is 101 Å². The smallest absolute Gasteiger partial charge is 0.0807 e. The van der Waals surface area contributed by atoms with Crippen LogP contribution in [0.1, 0.15) is 35.9 Å². The highest BCUT2D eigenvalue weighted by atomic mass is 16.3. The second-order valence-electron chi connectivity index (χ2n) is 4.64. The van der Waals surface area contributed by atoms with Crippen molar-refractivity contribution in [3.8, 4) is 5.69 Å². The maximum Gasteiger partial charge on any atom is 0.0807 e. The van der Waals surface area contributed by atoms with Gasteiger partial charge in [-0.1, -0.05) is 0 Å². The van der Waals surface area contributed by atoms with Crippen LogP contribution in [0.5, 0.6) is 0 Å². The van der Waals surface area contributed by atoms with Crippen LogP contribution in [0.3, 0.4) is 0 Å². The van der Waals surface area contributed by atoms with Crippen molar-refractivity contribution in [1.82, 2.24) is 9.55 Å². The van der Waals surface area contributed by atoms with Crippen molar-refractivity contribution >= 4 is 0 Å². The highest BCUT2D eigenvalue weighted by Gasteiger charge is 2.23. The van der Waals surface area contributed by atoms with Crippen LogP contribution in [0.15, 0.2) is 30.6 Å². The van der Waals surface area contributed by atoms with Gasteiger partial charge in [-0.15, -0.1) is 0 Å². The molecule has 17 heavy (non-hydrogen) atoms. The number of aromatic nitrogens is 2. The Hall–Kier alpha value is -1.61. The Balaban J connectivity index is 2.18. The molecule has 0 radical (unpaired) electrons. The molecule has 0 saturated heterocycles. The predicted molar refractivity (Wildman–Crippen MR) is 66.2 cm³/mol. The highest BCUT2D eigenvalue weighted by Crippen LogP contribution is 2.33. The second kappa shape index (κ2) is 4.00. The summed E-state index contributed by atoms with van der Waals surface area (Å²) in [7, 11) is 0. The van der Waals surface area contributed by atoms with E-state index in [2.05, 4.69) is 28.6 Å². The fraction of sp³-hybridized carbons (Fsp3) is 0.357.